The van der Waals surface area contributed by atoms with E-state index >= 15 is 0 Å². The minimum Gasteiger partial charge on any atom is -0.755 e. The van der Waals surface area contributed by atoms with Gasteiger partial charge in [0.05, 0.1) is 10.7 Å². The Labute approximate surface area is 188 Å². The van der Waals surface area contributed by atoms with Gasteiger partial charge in [-0.3, -0.25) is 13.9 Å². The van der Waals surface area contributed by atoms with Gasteiger partial charge < -0.3 is 18.9 Å². The zero-order valence-electron chi connectivity index (χ0n) is 16.3. The normalized spacial score (nSPS) is 16.0. The number of alkyl halides is 3. The number of hydrogen-bond donors (Lipinski definition) is 1. The highest BCUT2D eigenvalue weighted by atomic mass is 35.5. The fourth-order valence-corrected chi connectivity index (χ4v) is 3.78. The Morgan fingerprint density at radius 3 is 2.44 bits per heavy atom. The number of piperazine rings is 1. The molecule has 1 unspecified atom stereocenters. The third kappa shape index (κ3) is 6.55. The molecule has 0 aliphatic carbocycles. The smallest absolute Gasteiger partial charge is 0.573 e. The summed E-state index contributed by atoms with van der Waals surface area (Å²) in [4.78, 5) is 16.3. The van der Waals surface area contributed by atoms with Crippen LogP contribution in [0.5, 0.6) is 5.75 Å². The van der Waals surface area contributed by atoms with Crippen molar-refractivity contribution >= 4 is 34.5 Å². The first-order valence-corrected chi connectivity index (χ1v) is 10.7. The Bertz CT molecular complexity index is 1020. The molecule has 1 aliphatic heterocycles. The Hall–Kier alpha value is -2.41. The number of nitrogens with zero attached hydrogens (tertiary/aromatic N) is 2. The minimum atomic E-state index is -5.07. The molecule has 0 spiro atoms. The molecule has 1 atom stereocenters. The summed E-state index contributed by atoms with van der Waals surface area (Å²) in [5.41, 5.74) is 0.282. The fourth-order valence-electron chi connectivity index (χ4n) is 3.23. The third-order valence-electron chi connectivity index (χ3n) is 4.70. The number of rotatable bonds is 6. The molecule has 0 radical (unpaired) electrons. The maximum atomic E-state index is 13.3. The van der Waals surface area contributed by atoms with E-state index < -0.39 is 40.8 Å². The molecule has 1 fully saturated rings. The van der Waals surface area contributed by atoms with E-state index in [0.29, 0.717) is 32.7 Å². The molecular weight excluding hydrogens is 478 g/mol. The highest BCUT2D eigenvalue weighted by molar-refractivity contribution is 7.80. The lowest BCUT2D eigenvalue weighted by molar-refractivity contribution is -0.274. The van der Waals surface area contributed by atoms with Crippen molar-refractivity contribution in [3.8, 4) is 5.75 Å². The number of nitrogens with one attached hydrogen (secondary N) is 1. The second kappa shape index (κ2) is 10.0. The van der Waals surface area contributed by atoms with Crippen molar-refractivity contribution in [1.82, 2.24) is 9.80 Å². The molecule has 7 nitrogen and oxygen atoms in total. The lowest BCUT2D eigenvalue weighted by Crippen LogP contribution is -2.48. The summed E-state index contributed by atoms with van der Waals surface area (Å²) in [7, 11) is 0. The molecule has 1 heterocycles. The molecule has 0 saturated carbocycles. The Balaban J connectivity index is 1.66. The largest absolute Gasteiger partial charge is 0.755 e. The van der Waals surface area contributed by atoms with Crippen LogP contribution in [-0.4, -0.2) is 57.0 Å². The van der Waals surface area contributed by atoms with Gasteiger partial charge >= 0.3 is 6.36 Å². The van der Waals surface area contributed by atoms with Crippen LogP contribution in [0.15, 0.2) is 36.4 Å². The second-order valence-corrected chi connectivity index (χ2v) is 7.99. The summed E-state index contributed by atoms with van der Waals surface area (Å²) < 4.78 is 78.6. The van der Waals surface area contributed by atoms with E-state index in [1.807, 2.05) is 4.90 Å². The lowest BCUT2D eigenvalue weighted by atomic mass is 10.1. The summed E-state index contributed by atoms with van der Waals surface area (Å²) in [5.74, 6) is -1.86. The predicted octanol–water partition coefficient (Wildman–Crippen LogP) is 3.54. The molecule has 3 rings (SSSR count). The van der Waals surface area contributed by atoms with Crippen LogP contribution >= 0.6 is 11.6 Å². The van der Waals surface area contributed by atoms with Crippen molar-refractivity contribution in [3.63, 3.8) is 0 Å². The second-order valence-electron chi connectivity index (χ2n) is 6.91. The van der Waals surface area contributed by atoms with E-state index in [2.05, 4.69) is 4.74 Å². The van der Waals surface area contributed by atoms with Gasteiger partial charge in [-0.25, -0.2) is 4.39 Å². The molecule has 2 aromatic carbocycles. The Kier molecular flexibility index (Phi) is 7.59. The maximum Gasteiger partial charge on any atom is 0.573 e. The number of amides is 1. The topological polar surface area (TPSA) is 84.9 Å². The van der Waals surface area contributed by atoms with Crippen LogP contribution in [0, 0.1) is 5.82 Å². The number of carbonyl (C=O) groups is 1. The van der Waals surface area contributed by atoms with Crippen LogP contribution in [0.4, 0.5) is 23.2 Å². The van der Waals surface area contributed by atoms with E-state index in [4.69, 9.17) is 11.6 Å². The van der Waals surface area contributed by atoms with Crippen LogP contribution in [0.25, 0.3) is 0 Å². The van der Waals surface area contributed by atoms with Crippen molar-refractivity contribution in [2.24, 2.45) is 0 Å². The number of ether oxygens (including phenoxy) is 1. The summed E-state index contributed by atoms with van der Waals surface area (Å²) in [6.45, 7) is 2.10. The van der Waals surface area contributed by atoms with Gasteiger partial charge in [0.25, 0.3) is 5.91 Å². The summed E-state index contributed by atoms with van der Waals surface area (Å²) in [6, 6.07) is 7.51. The number of benzene rings is 2. The molecule has 2 aromatic rings. The summed E-state index contributed by atoms with van der Waals surface area (Å²) in [5, 5.41) is 0.0203. The molecule has 1 N–H and O–H groups in total. The van der Waals surface area contributed by atoms with Crippen LogP contribution in [0.2, 0.25) is 5.02 Å². The van der Waals surface area contributed by atoms with Crippen molar-refractivity contribution in [1.29, 1.82) is 0 Å². The van der Waals surface area contributed by atoms with Crippen LogP contribution < -0.4 is 9.46 Å². The quantitative estimate of drug-likeness (QED) is 0.490. The van der Waals surface area contributed by atoms with Crippen molar-refractivity contribution < 1.29 is 35.9 Å². The highest BCUT2D eigenvalue weighted by Gasteiger charge is 2.33. The Morgan fingerprint density at radius 2 is 1.84 bits per heavy atom. The molecule has 0 aromatic heterocycles. The standard InChI is InChI=1S/C19H18ClF4N3O4S/c20-14-9-12(1-3-15(14)21)11-26-5-7-27(8-6-26)18(28)13-2-4-16(25-32(29)30)17(10-13)31-19(22,23)24/h1-4,9-10,25H,5-8,11H2,(H,29,30)/p-1. The van der Waals surface area contributed by atoms with Gasteiger partial charge in [0, 0.05) is 49.6 Å². The Morgan fingerprint density at radius 1 is 1.16 bits per heavy atom. The number of carbonyl (C=O) groups excluding carboxylic acids is 1. The van der Waals surface area contributed by atoms with Gasteiger partial charge in [0.1, 0.15) is 5.82 Å². The van der Waals surface area contributed by atoms with E-state index in [1.165, 1.54) is 23.1 Å². The molecule has 13 heteroatoms. The van der Waals surface area contributed by atoms with Gasteiger partial charge in [-0.2, -0.15) is 0 Å². The van der Waals surface area contributed by atoms with Gasteiger partial charge in [-0.05, 0) is 35.9 Å². The molecule has 174 valence electrons. The molecule has 1 aliphatic rings. The van der Waals surface area contributed by atoms with Crippen molar-refractivity contribution in [2.45, 2.75) is 12.9 Å². The van der Waals surface area contributed by atoms with E-state index in [1.54, 1.807) is 10.8 Å². The minimum absolute atomic E-state index is 0.0203. The van der Waals surface area contributed by atoms with Gasteiger partial charge in [0.2, 0.25) is 0 Å². The van der Waals surface area contributed by atoms with E-state index in [-0.39, 0.29) is 10.6 Å². The number of anilines is 1. The van der Waals surface area contributed by atoms with Crippen LogP contribution in [-0.2, 0) is 17.8 Å². The fraction of sp³-hybridized carbons (Fsp3) is 0.316. The van der Waals surface area contributed by atoms with E-state index in [9.17, 15) is 31.1 Å². The molecule has 1 amide bonds. The zero-order valence-corrected chi connectivity index (χ0v) is 17.9. The monoisotopic (exact) mass is 494 g/mol. The van der Waals surface area contributed by atoms with Gasteiger partial charge in [0.15, 0.2) is 5.75 Å². The lowest BCUT2D eigenvalue weighted by Gasteiger charge is -2.35. The maximum absolute atomic E-state index is 13.3. The highest BCUT2D eigenvalue weighted by Crippen LogP contribution is 2.32. The van der Waals surface area contributed by atoms with Crippen molar-refractivity contribution in [2.75, 3.05) is 30.9 Å². The van der Waals surface area contributed by atoms with E-state index in [0.717, 1.165) is 17.7 Å². The average molecular weight is 495 g/mol. The first kappa shape index (κ1) is 24.2. The molecule has 1 saturated heterocycles. The van der Waals surface area contributed by atoms with Crippen LogP contribution in [0.1, 0.15) is 15.9 Å². The van der Waals surface area contributed by atoms with Crippen LogP contribution in [0.3, 0.4) is 0 Å². The molecule has 0 bridgehead atoms. The number of halogens is 5. The van der Waals surface area contributed by atoms with Crippen molar-refractivity contribution in [3.05, 3.63) is 58.4 Å². The predicted molar refractivity (Wildman–Crippen MR) is 108 cm³/mol. The summed E-state index contributed by atoms with van der Waals surface area (Å²) >= 11 is 2.91. The SMILES string of the molecule is O=C(c1ccc(NS(=O)[O-])c(OC(F)(F)F)c1)N1CCN(Cc2ccc(F)c(Cl)c2)CC1. The molecular formula is C19H17ClF4N3O4S-. The first-order valence-electron chi connectivity index (χ1n) is 9.23. The average Bonchev–Trinajstić information content (AvgIpc) is 2.71. The number of hydrogen-bond acceptors (Lipinski definition) is 5. The zero-order chi connectivity index (χ0) is 23.5. The molecule has 32 heavy (non-hydrogen) atoms. The summed E-state index contributed by atoms with van der Waals surface area (Å²) in [6.07, 6.45) is -5.07. The first-order chi connectivity index (χ1) is 15.0. The van der Waals surface area contributed by atoms with Gasteiger partial charge in [-0.15, -0.1) is 13.2 Å². The third-order valence-corrected chi connectivity index (χ3v) is 5.37. The van der Waals surface area contributed by atoms with Gasteiger partial charge in [-0.1, -0.05) is 17.7 Å².